The minimum absolute atomic E-state index is 0.111. The number of imidazole rings is 1. The summed E-state index contributed by atoms with van der Waals surface area (Å²) in [5.74, 6) is -0.0576. The van der Waals surface area contributed by atoms with E-state index in [2.05, 4.69) is 15.1 Å². The number of fused-ring (bicyclic) bond motifs is 1. The van der Waals surface area contributed by atoms with E-state index in [1.54, 1.807) is 9.42 Å². The summed E-state index contributed by atoms with van der Waals surface area (Å²) >= 11 is 0. The summed E-state index contributed by atoms with van der Waals surface area (Å²) in [6, 6.07) is 6.42. The molecule has 4 rings (SSSR count). The molecule has 3 aromatic rings. The lowest BCUT2D eigenvalue weighted by atomic mass is 9.97. The zero-order valence-electron chi connectivity index (χ0n) is 15.0. The second-order valence-corrected chi connectivity index (χ2v) is 6.74. The maximum atomic E-state index is 13.7. The van der Waals surface area contributed by atoms with Gasteiger partial charge in [-0.25, -0.2) is 18.9 Å². The van der Waals surface area contributed by atoms with Gasteiger partial charge in [0.2, 0.25) is 5.88 Å². The van der Waals surface area contributed by atoms with Gasteiger partial charge in [0, 0.05) is 25.4 Å². The number of likely N-dealkylation sites (tertiary alicyclic amines) is 1. The normalized spacial score (nSPS) is 15.3. The van der Waals surface area contributed by atoms with Crippen LogP contribution in [0.15, 0.2) is 36.7 Å². The Morgan fingerprint density at radius 1 is 1.30 bits per heavy atom. The van der Waals surface area contributed by atoms with Crippen molar-refractivity contribution >= 4 is 11.6 Å². The zero-order valence-corrected chi connectivity index (χ0v) is 15.0. The zero-order chi connectivity index (χ0) is 18.8. The van der Waals surface area contributed by atoms with E-state index in [9.17, 15) is 9.18 Å². The van der Waals surface area contributed by atoms with Crippen LogP contribution >= 0.6 is 0 Å². The number of rotatable bonds is 4. The molecule has 8 heteroatoms. The number of ether oxygens (including phenoxy) is 1. The lowest BCUT2D eigenvalue weighted by Gasteiger charge is -2.31. The number of halogens is 1. The molecule has 0 radical (unpaired) electrons. The lowest BCUT2D eigenvalue weighted by Crippen LogP contribution is -2.40. The Kier molecular flexibility index (Phi) is 4.70. The molecule has 0 aromatic carbocycles. The molecule has 0 N–H and O–H groups in total. The summed E-state index contributed by atoms with van der Waals surface area (Å²) in [6.07, 6.45) is 4.88. The molecule has 0 spiro atoms. The third-order valence-electron chi connectivity index (χ3n) is 4.75. The van der Waals surface area contributed by atoms with E-state index in [1.807, 2.05) is 25.3 Å². The van der Waals surface area contributed by atoms with E-state index >= 15 is 0 Å². The number of carbonyl (C=O) groups excluding carboxylic acids is 1. The highest BCUT2D eigenvalue weighted by Gasteiger charge is 2.26. The molecule has 27 heavy (non-hydrogen) atoms. The Labute approximate surface area is 155 Å². The second-order valence-electron chi connectivity index (χ2n) is 6.74. The number of amides is 1. The Bertz CT molecular complexity index is 966. The molecule has 0 atom stereocenters. The third-order valence-corrected chi connectivity index (χ3v) is 4.75. The fourth-order valence-corrected chi connectivity index (χ4v) is 3.26. The molecule has 3 aromatic heterocycles. The molecule has 1 fully saturated rings. The smallest absolute Gasteiger partial charge is 0.275 e. The van der Waals surface area contributed by atoms with Crippen LogP contribution in [0.1, 0.15) is 29.0 Å². The maximum Gasteiger partial charge on any atom is 0.275 e. The van der Waals surface area contributed by atoms with Gasteiger partial charge in [-0.05, 0) is 43.9 Å². The van der Waals surface area contributed by atoms with Crippen molar-refractivity contribution in [2.45, 2.75) is 19.8 Å². The Morgan fingerprint density at radius 2 is 2.11 bits per heavy atom. The standard InChI is InChI=1S/C19H20FN5O2/c1-13-11-25-16(22-13)4-5-17(23-25)27-12-14-6-9-24(10-7-14)19(26)18-15(20)3-2-8-21-18/h2-5,8,11,14H,6-7,9-10,12H2,1H3. The first-order chi connectivity index (χ1) is 13.1. The minimum atomic E-state index is -0.579. The quantitative estimate of drug-likeness (QED) is 0.707. The average Bonchev–Trinajstić information content (AvgIpc) is 3.06. The Morgan fingerprint density at radius 3 is 2.89 bits per heavy atom. The molecule has 1 amide bonds. The number of aromatic nitrogens is 4. The fourth-order valence-electron chi connectivity index (χ4n) is 3.26. The van der Waals surface area contributed by atoms with Crippen molar-refractivity contribution in [3.63, 3.8) is 0 Å². The highest BCUT2D eigenvalue weighted by Crippen LogP contribution is 2.20. The average molecular weight is 369 g/mol. The monoisotopic (exact) mass is 369 g/mol. The Hall–Kier alpha value is -3.03. The highest BCUT2D eigenvalue weighted by molar-refractivity contribution is 5.92. The van der Waals surface area contributed by atoms with Crippen molar-refractivity contribution in [1.29, 1.82) is 0 Å². The van der Waals surface area contributed by atoms with Crippen molar-refractivity contribution in [2.75, 3.05) is 19.7 Å². The van der Waals surface area contributed by atoms with E-state index in [1.165, 1.54) is 18.3 Å². The van der Waals surface area contributed by atoms with Crippen LogP contribution in [0.25, 0.3) is 5.65 Å². The van der Waals surface area contributed by atoms with E-state index in [4.69, 9.17) is 4.74 Å². The number of carbonyl (C=O) groups is 1. The van der Waals surface area contributed by atoms with Crippen LogP contribution in [0.5, 0.6) is 5.88 Å². The second kappa shape index (κ2) is 7.30. The molecular formula is C19H20FN5O2. The summed E-state index contributed by atoms with van der Waals surface area (Å²) < 4.78 is 21.3. The van der Waals surface area contributed by atoms with Crippen molar-refractivity contribution in [3.8, 4) is 5.88 Å². The van der Waals surface area contributed by atoms with Gasteiger partial charge >= 0.3 is 0 Å². The fraction of sp³-hybridized carbons (Fsp3) is 0.368. The van der Waals surface area contributed by atoms with Gasteiger partial charge in [0.1, 0.15) is 0 Å². The maximum absolute atomic E-state index is 13.7. The molecule has 0 bridgehead atoms. The van der Waals surface area contributed by atoms with Crippen LogP contribution in [0, 0.1) is 18.7 Å². The van der Waals surface area contributed by atoms with Crippen molar-refractivity contribution < 1.29 is 13.9 Å². The van der Waals surface area contributed by atoms with Crippen molar-refractivity contribution in [1.82, 2.24) is 24.5 Å². The van der Waals surface area contributed by atoms with Gasteiger partial charge in [0.25, 0.3) is 5.91 Å². The number of nitrogens with zero attached hydrogens (tertiary/aromatic N) is 5. The highest BCUT2D eigenvalue weighted by atomic mass is 19.1. The summed E-state index contributed by atoms with van der Waals surface area (Å²) in [6.45, 7) is 3.58. The summed E-state index contributed by atoms with van der Waals surface area (Å²) in [7, 11) is 0. The first kappa shape index (κ1) is 17.4. The van der Waals surface area contributed by atoms with Crippen LogP contribution < -0.4 is 4.74 Å². The van der Waals surface area contributed by atoms with Gasteiger partial charge in [-0.1, -0.05) is 0 Å². The van der Waals surface area contributed by atoms with E-state index in [-0.39, 0.29) is 11.6 Å². The predicted octanol–water partition coefficient (Wildman–Crippen LogP) is 2.50. The topological polar surface area (TPSA) is 72.6 Å². The molecule has 0 saturated carbocycles. The van der Waals surface area contributed by atoms with Crippen LogP contribution in [-0.4, -0.2) is 50.1 Å². The van der Waals surface area contributed by atoms with Crippen LogP contribution in [0.3, 0.4) is 0 Å². The van der Waals surface area contributed by atoms with Gasteiger partial charge in [0.05, 0.1) is 18.5 Å². The summed E-state index contributed by atoms with van der Waals surface area (Å²) in [4.78, 5) is 22.3. The van der Waals surface area contributed by atoms with Crippen molar-refractivity contribution in [2.24, 2.45) is 5.92 Å². The Balaban J connectivity index is 1.31. The predicted molar refractivity (Wildman–Crippen MR) is 96.0 cm³/mol. The molecule has 1 aliphatic heterocycles. The number of hydrogen-bond acceptors (Lipinski definition) is 5. The van der Waals surface area contributed by atoms with Gasteiger partial charge in [-0.15, -0.1) is 5.10 Å². The number of pyridine rings is 1. The lowest BCUT2D eigenvalue weighted by molar-refractivity contribution is 0.0648. The van der Waals surface area contributed by atoms with E-state index in [0.29, 0.717) is 31.5 Å². The van der Waals surface area contributed by atoms with Crippen molar-refractivity contribution in [3.05, 3.63) is 53.9 Å². The molecule has 140 valence electrons. The molecule has 4 heterocycles. The van der Waals surface area contributed by atoms with Gasteiger partial charge in [0.15, 0.2) is 17.2 Å². The first-order valence-corrected chi connectivity index (χ1v) is 8.96. The molecule has 1 aliphatic rings. The SMILES string of the molecule is Cc1cn2nc(OCC3CCN(C(=O)c4ncccc4F)CC3)ccc2n1. The molecule has 1 saturated heterocycles. The molecular weight excluding hydrogens is 349 g/mol. The molecule has 0 unspecified atom stereocenters. The largest absolute Gasteiger partial charge is 0.476 e. The number of aryl methyl sites for hydroxylation is 1. The summed E-state index contributed by atoms with van der Waals surface area (Å²) in [5.41, 5.74) is 1.58. The van der Waals surface area contributed by atoms with Crippen LogP contribution in [0.4, 0.5) is 4.39 Å². The van der Waals surface area contributed by atoms with Gasteiger partial charge in [-0.3, -0.25) is 4.79 Å². The molecule has 7 nitrogen and oxygen atoms in total. The van der Waals surface area contributed by atoms with Crippen LogP contribution in [0.2, 0.25) is 0 Å². The van der Waals surface area contributed by atoms with E-state index < -0.39 is 5.82 Å². The number of piperidine rings is 1. The van der Waals surface area contributed by atoms with E-state index in [0.717, 1.165) is 24.2 Å². The number of hydrogen-bond donors (Lipinski definition) is 0. The third kappa shape index (κ3) is 3.74. The minimum Gasteiger partial charge on any atom is -0.476 e. The van der Waals surface area contributed by atoms with Crippen LogP contribution in [-0.2, 0) is 0 Å². The summed E-state index contributed by atoms with van der Waals surface area (Å²) in [5, 5.41) is 4.39. The van der Waals surface area contributed by atoms with Gasteiger partial charge in [-0.2, -0.15) is 0 Å². The molecule has 0 aliphatic carbocycles. The van der Waals surface area contributed by atoms with Gasteiger partial charge < -0.3 is 9.64 Å². The first-order valence-electron chi connectivity index (χ1n) is 8.96.